The van der Waals surface area contributed by atoms with Crippen LogP contribution in [0.5, 0.6) is 0 Å². The number of amides is 1. The van der Waals surface area contributed by atoms with E-state index in [0.717, 1.165) is 23.0 Å². The molecular formula is C24H32N4O3S. The number of fused-ring (bicyclic) bond motifs is 1. The summed E-state index contributed by atoms with van der Waals surface area (Å²) in [6.45, 7) is 9.69. The zero-order valence-electron chi connectivity index (χ0n) is 19.3. The Morgan fingerprint density at radius 2 is 1.75 bits per heavy atom. The fourth-order valence-corrected chi connectivity index (χ4v) is 5.56. The summed E-state index contributed by atoms with van der Waals surface area (Å²) in [5.74, 6) is 0.829. The Kier molecular flexibility index (Phi) is 7.36. The number of nitrogens with zero attached hydrogens (tertiary/aromatic N) is 1. The van der Waals surface area contributed by atoms with Gasteiger partial charge in [0.1, 0.15) is 5.82 Å². The Hall–Kier alpha value is -2.71. The minimum atomic E-state index is -3.70. The predicted octanol–water partition coefficient (Wildman–Crippen LogP) is 4.06. The minimum Gasteiger partial charge on any atom is -0.346 e. The summed E-state index contributed by atoms with van der Waals surface area (Å²) in [6.07, 6.45) is 0.761. The Labute approximate surface area is 190 Å². The van der Waals surface area contributed by atoms with E-state index in [2.05, 4.69) is 33.9 Å². The van der Waals surface area contributed by atoms with E-state index in [1.165, 1.54) is 0 Å². The third-order valence-corrected chi connectivity index (χ3v) is 7.06. The molecule has 3 aromatic rings. The van der Waals surface area contributed by atoms with Crippen molar-refractivity contribution >= 4 is 27.0 Å². The molecule has 0 saturated heterocycles. The van der Waals surface area contributed by atoms with Crippen LogP contribution < -0.4 is 10.0 Å². The molecule has 1 atom stereocenters. The molecule has 0 aliphatic rings. The average Bonchev–Trinajstić information content (AvgIpc) is 3.10. The second-order valence-corrected chi connectivity index (χ2v) is 10.5. The molecule has 0 saturated carbocycles. The number of imidazole rings is 1. The first-order chi connectivity index (χ1) is 15.1. The van der Waals surface area contributed by atoms with E-state index >= 15 is 0 Å². The van der Waals surface area contributed by atoms with Gasteiger partial charge in [0.15, 0.2) is 0 Å². The molecule has 3 N–H and O–H groups in total. The van der Waals surface area contributed by atoms with Crippen LogP contribution in [0.1, 0.15) is 55.2 Å². The van der Waals surface area contributed by atoms with Gasteiger partial charge in [-0.15, -0.1) is 0 Å². The molecule has 0 radical (unpaired) electrons. The number of carbonyl (C=O) groups excluding carboxylic acids is 1. The molecule has 3 rings (SSSR count). The third-order valence-electron chi connectivity index (χ3n) is 5.30. The summed E-state index contributed by atoms with van der Waals surface area (Å²) in [4.78, 5) is 20.8. The zero-order chi connectivity index (χ0) is 23.5. The molecule has 7 nitrogen and oxygen atoms in total. The molecule has 2 aromatic carbocycles. The van der Waals surface area contributed by atoms with E-state index in [1.54, 1.807) is 13.8 Å². The average molecular weight is 457 g/mol. The van der Waals surface area contributed by atoms with Gasteiger partial charge in [0, 0.05) is 13.0 Å². The summed E-state index contributed by atoms with van der Waals surface area (Å²) in [7, 11) is -3.70. The molecule has 0 aliphatic heterocycles. The van der Waals surface area contributed by atoms with Crippen molar-refractivity contribution in [3.05, 3.63) is 58.9 Å². The first kappa shape index (κ1) is 23.9. The normalized spacial score (nSPS) is 12.9. The highest BCUT2D eigenvalue weighted by atomic mass is 32.2. The quantitative estimate of drug-likeness (QED) is 0.452. The molecule has 1 amide bonds. The first-order valence-corrected chi connectivity index (χ1v) is 12.4. The van der Waals surface area contributed by atoms with E-state index in [0.29, 0.717) is 22.9 Å². The topological polar surface area (TPSA) is 104 Å². The van der Waals surface area contributed by atoms with Crippen LogP contribution in [0.25, 0.3) is 11.0 Å². The monoisotopic (exact) mass is 456 g/mol. The number of aromatic amines is 1. The Morgan fingerprint density at radius 3 is 2.38 bits per heavy atom. The third kappa shape index (κ3) is 5.75. The number of rotatable bonds is 9. The van der Waals surface area contributed by atoms with Crippen molar-refractivity contribution in [1.82, 2.24) is 20.0 Å². The SMILES string of the molecule is Cc1cc(C)c(S(=O)(=O)NCCC(=O)NC(CC(C)C)c2nc3ccccc3[nH]2)c(C)c1. The number of hydrogen-bond acceptors (Lipinski definition) is 4. The van der Waals surface area contributed by atoms with Crippen molar-refractivity contribution in [2.24, 2.45) is 5.92 Å². The number of H-pyrrole nitrogens is 1. The van der Waals surface area contributed by atoms with Crippen LogP contribution in [0.4, 0.5) is 0 Å². The number of aromatic nitrogens is 2. The van der Waals surface area contributed by atoms with Crippen LogP contribution in [-0.2, 0) is 14.8 Å². The maximum atomic E-state index is 12.8. The first-order valence-electron chi connectivity index (χ1n) is 10.9. The number of nitrogens with one attached hydrogen (secondary N) is 3. The maximum absolute atomic E-state index is 12.8. The highest BCUT2D eigenvalue weighted by Gasteiger charge is 2.22. The summed E-state index contributed by atoms with van der Waals surface area (Å²) in [5.41, 5.74) is 4.17. The second kappa shape index (κ2) is 9.83. The molecule has 0 fully saturated rings. The minimum absolute atomic E-state index is 0.0233. The smallest absolute Gasteiger partial charge is 0.241 e. The number of carbonyl (C=O) groups is 1. The molecule has 0 spiro atoms. The van der Waals surface area contributed by atoms with Crippen molar-refractivity contribution in [2.45, 2.75) is 58.4 Å². The van der Waals surface area contributed by atoms with Crippen LogP contribution >= 0.6 is 0 Å². The molecule has 172 valence electrons. The molecule has 0 aliphatic carbocycles. The molecule has 0 bridgehead atoms. The molecule has 32 heavy (non-hydrogen) atoms. The predicted molar refractivity (Wildman–Crippen MR) is 127 cm³/mol. The van der Waals surface area contributed by atoms with Gasteiger partial charge in [0.05, 0.1) is 22.0 Å². The summed E-state index contributed by atoms with van der Waals surface area (Å²) in [5, 5.41) is 3.01. The van der Waals surface area contributed by atoms with Gasteiger partial charge in [-0.25, -0.2) is 18.1 Å². The van der Waals surface area contributed by atoms with Crippen LogP contribution in [0.15, 0.2) is 41.3 Å². The van der Waals surface area contributed by atoms with E-state index in [9.17, 15) is 13.2 Å². The fourth-order valence-electron chi connectivity index (χ4n) is 4.08. The van der Waals surface area contributed by atoms with Gasteiger partial charge in [0.25, 0.3) is 0 Å². The number of aryl methyl sites for hydroxylation is 3. The number of para-hydroxylation sites is 2. The largest absolute Gasteiger partial charge is 0.346 e. The summed E-state index contributed by atoms with van der Waals surface area (Å²) >= 11 is 0. The van der Waals surface area contributed by atoms with Gasteiger partial charge < -0.3 is 10.3 Å². The van der Waals surface area contributed by atoms with Crippen molar-refractivity contribution in [3.63, 3.8) is 0 Å². The highest BCUT2D eigenvalue weighted by molar-refractivity contribution is 7.89. The van der Waals surface area contributed by atoms with Gasteiger partial charge >= 0.3 is 0 Å². The van der Waals surface area contributed by atoms with Gasteiger partial charge in [-0.2, -0.15) is 0 Å². The van der Waals surface area contributed by atoms with Gasteiger partial charge in [0.2, 0.25) is 15.9 Å². The van der Waals surface area contributed by atoms with Gasteiger partial charge in [-0.1, -0.05) is 43.7 Å². The zero-order valence-corrected chi connectivity index (χ0v) is 20.1. The van der Waals surface area contributed by atoms with E-state index in [1.807, 2.05) is 43.3 Å². The van der Waals surface area contributed by atoms with Gasteiger partial charge in [-0.05, 0) is 56.4 Å². The number of sulfonamides is 1. The standard InChI is InChI=1S/C24H32N4O3S/c1-15(2)12-21(24-27-19-8-6-7-9-20(19)28-24)26-22(29)10-11-25-32(30,31)23-17(4)13-16(3)14-18(23)5/h6-9,13-15,21,25H,10-12H2,1-5H3,(H,26,29)(H,27,28). The Balaban J connectivity index is 1.65. The fraction of sp³-hybridized carbons (Fsp3) is 0.417. The van der Waals surface area contributed by atoms with E-state index in [4.69, 9.17) is 0 Å². The molecule has 1 unspecified atom stereocenters. The van der Waals surface area contributed by atoms with Crippen LogP contribution in [0.3, 0.4) is 0 Å². The lowest BCUT2D eigenvalue weighted by atomic mass is 10.0. The lowest BCUT2D eigenvalue weighted by molar-refractivity contribution is -0.121. The molecular weight excluding hydrogens is 424 g/mol. The molecule has 1 heterocycles. The number of hydrogen-bond donors (Lipinski definition) is 3. The van der Waals surface area contributed by atoms with Crippen molar-refractivity contribution < 1.29 is 13.2 Å². The van der Waals surface area contributed by atoms with Crippen molar-refractivity contribution in [3.8, 4) is 0 Å². The summed E-state index contributed by atoms with van der Waals surface area (Å²) < 4.78 is 28.2. The Bertz CT molecular complexity index is 1160. The van der Waals surface area contributed by atoms with Crippen LogP contribution in [0, 0.1) is 26.7 Å². The maximum Gasteiger partial charge on any atom is 0.241 e. The number of benzene rings is 2. The summed E-state index contributed by atoms with van der Waals surface area (Å²) in [6, 6.07) is 11.2. The Morgan fingerprint density at radius 1 is 1.09 bits per heavy atom. The van der Waals surface area contributed by atoms with Crippen molar-refractivity contribution in [1.29, 1.82) is 0 Å². The van der Waals surface area contributed by atoms with E-state index < -0.39 is 10.0 Å². The highest BCUT2D eigenvalue weighted by Crippen LogP contribution is 2.23. The second-order valence-electron chi connectivity index (χ2n) is 8.76. The lowest BCUT2D eigenvalue weighted by Crippen LogP contribution is -2.34. The molecule has 8 heteroatoms. The van der Waals surface area contributed by atoms with E-state index in [-0.39, 0.29) is 29.8 Å². The van der Waals surface area contributed by atoms with Gasteiger partial charge in [-0.3, -0.25) is 4.79 Å². The lowest BCUT2D eigenvalue weighted by Gasteiger charge is -2.19. The van der Waals surface area contributed by atoms with Crippen molar-refractivity contribution in [2.75, 3.05) is 6.54 Å². The van der Waals surface area contributed by atoms with Crippen LogP contribution in [0.2, 0.25) is 0 Å². The van der Waals surface area contributed by atoms with Crippen LogP contribution in [-0.4, -0.2) is 30.8 Å². The molecule has 1 aromatic heterocycles.